The Morgan fingerprint density at radius 1 is 0.765 bits per heavy atom. The van der Waals surface area contributed by atoms with Gasteiger partial charge in [0.1, 0.15) is 30.3 Å². The smallest absolute Gasteiger partial charge is 0.119 e. The van der Waals surface area contributed by atoms with Gasteiger partial charge in [0.15, 0.2) is 0 Å². The average molecular weight is 468 g/mol. The summed E-state index contributed by atoms with van der Waals surface area (Å²) in [5, 5.41) is 10.7. The van der Waals surface area contributed by atoms with E-state index in [-0.39, 0.29) is 5.60 Å². The predicted octanol–water partition coefficient (Wildman–Crippen LogP) is 5.52. The first kappa shape index (κ1) is 25.0. The molecule has 1 atom stereocenters. The normalized spacial score (nSPS) is 23.3. The molecule has 186 valence electrons. The maximum absolute atomic E-state index is 10.7. The van der Waals surface area contributed by atoms with Crippen LogP contribution < -0.4 is 9.47 Å². The van der Waals surface area contributed by atoms with Gasteiger partial charge in [-0.3, -0.25) is 4.90 Å². The van der Waals surface area contributed by atoms with Crippen molar-refractivity contribution < 1.29 is 19.3 Å². The van der Waals surface area contributed by atoms with Crippen LogP contribution in [0, 0.1) is 6.92 Å². The minimum absolute atomic E-state index is 0.239. The standard InChI is InChI=1S/C29H41NO4/c1-24-7-11-26(12-8-24)34-23-29(32-2)17-6-19-30(20-18-29)21-25-9-13-27(14-10-25)33-22-28(31)15-4-3-5-16-28/h7-14,31H,3-6,15-23H2,1-2H3/t29-/m1/s1. The maximum atomic E-state index is 10.7. The minimum Gasteiger partial charge on any atom is -0.491 e. The van der Waals surface area contributed by atoms with Crippen LogP contribution in [0.1, 0.15) is 62.5 Å². The van der Waals surface area contributed by atoms with Crippen molar-refractivity contribution in [1.82, 2.24) is 4.90 Å². The topological polar surface area (TPSA) is 51.2 Å². The van der Waals surface area contributed by atoms with E-state index in [4.69, 9.17) is 14.2 Å². The summed E-state index contributed by atoms with van der Waals surface area (Å²) >= 11 is 0. The highest BCUT2D eigenvalue weighted by atomic mass is 16.5. The van der Waals surface area contributed by atoms with E-state index in [1.54, 1.807) is 0 Å². The van der Waals surface area contributed by atoms with Crippen LogP contribution in [0.4, 0.5) is 0 Å². The van der Waals surface area contributed by atoms with E-state index >= 15 is 0 Å². The summed E-state index contributed by atoms with van der Waals surface area (Å²) in [5.41, 5.74) is 1.63. The molecule has 1 saturated heterocycles. The van der Waals surface area contributed by atoms with Crippen molar-refractivity contribution in [2.24, 2.45) is 0 Å². The van der Waals surface area contributed by atoms with Crippen LogP contribution in [0.2, 0.25) is 0 Å². The number of nitrogens with zero attached hydrogens (tertiary/aromatic N) is 1. The van der Waals surface area contributed by atoms with Gasteiger partial charge in [-0.2, -0.15) is 0 Å². The Labute approximate surface area is 205 Å². The van der Waals surface area contributed by atoms with E-state index in [0.29, 0.717) is 13.2 Å². The van der Waals surface area contributed by atoms with E-state index < -0.39 is 5.60 Å². The zero-order valence-electron chi connectivity index (χ0n) is 20.9. The van der Waals surface area contributed by atoms with Crippen LogP contribution in [0.25, 0.3) is 0 Å². The first-order chi connectivity index (χ1) is 16.5. The molecule has 1 N–H and O–H groups in total. The number of rotatable bonds is 9. The van der Waals surface area contributed by atoms with Crippen LogP contribution in [0.15, 0.2) is 48.5 Å². The summed E-state index contributed by atoms with van der Waals surface area (Å²) in [7, 11) is 1.82. The molecule has 5 heteroatoms. The van der Waals surface area contributed by atoms with Gasteiger partial charge >= 0.3 is 0 Å². The number of aliphatic hydroxyl groups is 1. The Morgan fingerprint density at radius 3 is 2.09 bits per heavy atom. The summed E-state index contributed by atoms with van der Waals surface area (Å²) in [6, 6.07) is 16.6. The molecule has 0 spiro atoms. The Kier molecular flexibility index (Phi) is 8.51. The van der Waals surface area contributed by atoms with E-state index in [9.17, 15) is 5.11 Å². The van der Waals surface area contributed by atoms with Gasteiger partial charge in [0.05, 0.1) is 5.60 Å². The van der Waals surface area contributed by atoms with Gasteiger partial charge in [-0.25, -0.2) is 0 Å². The fourth-order valence-electron chi connectivity index (χ4n) is 5.16. The molecule has 34 heavy (non-hydrogen) atoms. The molecular weight excluding hydrogens is 426 g/mol. The second-order valence-corrected chi connectivity index (χ2v) is 10.3. The molecule has 1 heterocycles. The van der Waals surface area contributed by atoms with Crippen LogP contribution in [0.5, 0.6) is 11.5 Å². The molecule has 2 aliphatic rings. The predicted molar refractivity (Wildman–Crippen MR) is 136 cm³/mol. The third-order valence-corrected chi connectivity index (χ3v) is 7.57. The van der Waals surface area contributed by atoms with Crippen molar-refractivity contribution in [2.45, 2.75) is 76.0 Å². The van der Waals surface area contributed by atoms with Gasteiger partial charge in [-0.15, -0.1) is 0 Å². The number of hydrogen-bond donors (Lipinski definition) is 1. The molecule has 0 bridgehead atoms. The van der Waals surface area contributed by atoms with Crippen molar-refractivity contribution in [3.8, 4) is 11.5 Å². The van der Waals surface area contributed by atoms with Gasteiger partial charge in [-0.1, -0.05) is 49.1 Å². The zero-order chi connectivity index (χ0) is 23.9. The minimum atomic E-state index is -0.653. The number of likely N-dealkylation sites (tertiary alicyclic amines) is 1. The Bertz CT molecular complexity index is 876. The number of methoxy groups -OCH3 is 1. The third-order valence-electron chi connectivity index (χ3n) is 7.57. The van der Waals surface area contributed by atoms with Crippen molar-refractivity contribution >= 4 is 0 Å². The molecule has 1 saturated carbocycles. The molecule has 0 amide bonds. The molecule has 4 rings (SSSR count). The van der Waals surface area contributed by atoms with Gasteiger partial charge < -0.3 is 19.3 Å². The Hall–Kier alpha value is -2.08. The van der Waals surface area contributed by atoms with Crippen LogP contribution in [-0.2, 0) is 11.3 Å². The Balaban J connectivity index is 1.26. The molecular formula is C29H41NO4. The first-order valence-corrected chi connectivity index (χ1v) is 12.9. The lowest BCUT2D eigenvalue weighted by atomic mass is 9.85. The molecule has 1 aliphatic heterocycles. The fourth-order valence-corrected chi connectivity index (χ4v) is 5.16. The van der Waals surface area contributed by atoms with Gasteiger partial charge in [0.2, 0.25) is 0 Å². The highest BCUT2D eigenvalue weighted by Gasteiger charge is 2.34. The lowest BCUT2D eigenvalue weighted by molar-refractivity contribution is -0.0541. The molecule has 0 aromatic heterocycles. The average Bonchev–Trinajstić information content (AvgIpc) is 3.06. The highest BCUT2D eigenvalue weighted by Crippen LogP contribution is 2.30. The second-order valence-electron chi connectivity index (χ2n) is 10.3. The number of aryl methyl sites for hydroxylation is 1. The molecule has 2 aromatic carbocycles. The molecule has 5 nitrogen and oxygen atoms in total. The first-order valence-electron chi connectivity index (χ1n) is 12.9. The van der Waals surface area contributed by atoms with Crippen molar-refractivity contribution in [2.75, 3.05) is 33.4 Å². The van der Waals surface area contributed by atoms with Gasteiger partial charge in [0.25, 0.3) is 0 Å². The maximum Gasteiger partial charge on any atom is 0.119 e. The molecule has 1 aliphatic carbocycles. The molecule has 2 fully saturated rings. The summed E-state index contributed by atoms with van der Waals surface area (Å²) in [4.78, 5) is 2.51. The molecule has 0 unspecified atom stereocenters. The van der Waals surface area contributed by atoms with E-state index in [1.807, 2.05) is 31.4 Å². The SMILES string of the molecule is CO[C@]1(COc2ccc(C)cc2)CCCN(Cc2ccc(OCC3(O)CCCCC3)cc2)CC1. The largest absolute Gasteiger partial charge is 0.491 e. The van der Waals surface area contributed by atoms with Crippen molar-refractivity contribution in [1.29, 1.82) is 0 Å². The second kappa shape index (κ2) is 11.6. The van der Waals surface area contributed by atoms with E-state index in [2.05, 4.69) is 36.1 Å². The van der Waals surface area contributed by atoms with Crippen molar-refractivity contribution in [3.05, 3.63) is 59.7 Å². The quantitative estimate of drug-likeness (QED) is 0.526. The summed E-state index contributed by atoms with van der Waals surface area (Å²) in [5.74, 6) is 1.74. The monoisotopic (exact) mass is 467 g/mol. The summed E-state index contributed by atoms with van der Waals surface area (Å²) in [6.45, 7) is 6.02. The van der Waals surface area contributed by atoms with Crippen LogP contribution >= 0.6 is 0 Å². The zero-order valence-corrected chi connectivity index (χ0v) is 20.9. The van der Waals surface area contributed by atoms with Crippen molar-refractivity contribution in [3.63, 3.8) is 0 Å². The Morgan fingerprint density at radius 2 is 1.41 bits per heavy atom. The summed E-state index contributed by atoms with van der Waals surface area (Å²) in [6.07, 6.45) is 8.15. The van der Waals surface area contributed by atoms with E-state index in [1.165, 1.54) is 17.5 Å². The van der Waals surface area contributed by atoms with E-state index in [0.717, 1.165) is 76.1 Å². The highest BCUT2D eigenvalue weighted by molar-refractivity contribution is 5.28. The number of benzene rings is 2. The lowest BCUT2D eigenvalue weighted by Gasteiger charge is -2.31. The van der Waals surface area contributed by atoms with Crippen LogP contribution in [0.3, 0.4) is 0 Å². The number of hydrogen-bond acceptors (Lipinski definition) is 5. The molecule has 2 aromatic rings. The summed E-state index contributed by atoms with van der Waals surface area (Å²) < 4.78 is 18.1. The number of ether oxygens (including phenoxy) is 3. The molecule has 0 radical (unpaired) electrons. The lowest BCUT2D eigenvalue weighted by Crippen LogP contribution is -2.39. The fraction of sp³-hybridized carbons (Fsp3) is 0.586. The third kappa shape index (κ3) is 6.97. The van der Waals surface area contributed by atoms with Gasteiger partial charge in [-0.05, 0) is 75.4 Å². The van der Waals surface area contributed by atoms with Crippen LogP contribution in [-0.4, -0.2) is 54.6 Å². The van der Waals surface area contributed by atoms with Gasteiger partial charge in [0, 0.05) is 20.2 Å².